The Morgan fingerprint density at radius 3 is 2.31 bits per heavy atom. The van der Waals surface area contributed by atoms with Crippen LogP contribution in [0.15, 0.2) is 73.1 Å². The highest BCUT2D eigenvalue weighted by molar-refractivity contribution is 7.80. The Balaban J connectivity index is 1.14. The second-order valence-corrected chi connectivity index (χ2v) is 9.39. The van der Waals surface area contributed by atoms with Crippen LogP contribution in [0.2, 0.25) is 0 Å². The molecule has 0 atom stereocenters. The molecule has 1 N–H and O–H groups in total. The van der Waals surface area contributed by atoms with Crippen molar-refractivity contribution in [3.8, 4) is 5.69 Å². The van der Waals surface area contributed by atoms with Gasteiger partial charge in [-0.2, -0.15) is 10.2 Å². The lowest BCUT2D eigenvalue weighted by atomic mass is 10.1. The molecule has 1 fully saturated rings. The zero-order valence-corrected chi connectivity index (χ0v) is 21.1. The first kappa shape index (κ1) is 23.3. The van der Waals surface area contributed by atoms with Crippen molar-refractivity contribution in [1.82, 2.24) is 29.4 Å². The van der Waals surface area contributed by atoms with Crippen molar-refractivity contribution in [3.05, 3.63) is 95.6 Å². The maximum atomic E-state index is 5.71. The fourth-order valence-electron chi connectivity index (χ4n) is 4.54. The summed E-state index contributed by atoms with van der Waals surface area (Å²) >= 11 is 5.71. The van der Waals surface area contributed by atoms with Gasteiger partial charge in [0.1, 0.15) is 0 Å². The van der Waals surface area contributed by atoms with Crippen LogP contribution in [0.5, 0.6) is 0 Å². The fraction of sp³-hybridized carbons (Fsp3) is 0.296. The van der Waals surface area contributed by atoms with Crippen LogP contribution in [0.1, 0.15) is 22.5 Å². The predicted octanol–water partition coefficient (Wildman–Crippen LogP) is 4.25. The number of benzene rings is 2. The molecule has 0 saturated carbocycles. The number of para-hydroxylation sites is 1. The van der Waals surface area contributed by atoms with E-state index in [9.17, 15) is 0 Å². The zero-order chi connectivity index (χ0) is 24.2. The van der Waals surface area contributed by atoms with Crippen LogP contribution in [0.4, 0.5) is 5.69 Å². The first-order valence-electron chi connectivity index (χ1n) is 12.0. The van der Waals surface area contributed by atoms with E-state index in [1.807, 2.05) is 41.3 Å². The maximum absolute atomic E-state index is 5.71. The molecule has 0 spiro atoms. The Bertz CT molecular complexity index is 1270. The largest absolute Gasteiger partial charge is 0.346 e. The molecule has 1 aliphatic heterocycles. The minimum atomic E-state index is 0.744. The van der Waals surface area contributed by atoms with Gasteiger partial charge in [-0.05, 0) is 43.8 Å². The highest BCUT2D eigenvalue weighted by Crippen LogP contribution is 2.20. The van der Waals surface area contributed by atoms with E-state index in [1.165, 1.54) is 16.8 Å². The van der Waals surface area contributed by atoms with E-state index in [0.717, 1.165) is 61.4 Å². The quantitative estimate of drug-likeness (QED) is 0.412. The van der Waals surface area contributed by atoms with Gasteiger partial charge in [0.05, 0.1) is 29.8 Å². The molecule has 35 heavy (non-hydrogen) atoms. The van der Waals surface area contributed by atoms with Crippen molar-refractivity contribution < 1.29 is 0 Å². The third kappa shape index (κ3) is 5.44. The van der Waals surface area contributed by atoms with Crippen LogP contribution in [0.3, 0.4) is 0 Å². The average Bonchev–Trinajstić information content (AvgIpc) is 3.44. The van der Waals surface area contributed by atoms with Crippen molar-refractivity contribution in [2.24, 2.45) is 0 Å². The van der Waals surface area contributed by atoms with Crippen molar-refractivity contribution in [2.45, 2.75) is 26.9 Å². The molecule has 0 radical (unpaired) electrons. The third-order valence-electron chi connectivity index (χ3n) is 6.56. The first-order chi connectivity index (χ1) is 17.1. The van der Waals surface area contributed by atoms with E-state index >= 15 is 0 Å². The minimum Gasteiger partial charge on any atom is -0.346 e. The molecule has 180 valence electrons. The summed E-state index contributed by atoms with van der Waals surface area (Å²) in [6.07, 6.45) is 3.84. The Kier molecular flexibility index (Phi) is 6.92. The number of hydrogen-bond donors (Lipinski definition) is 1. The second kappa shape index (κ2) is 10.4. The number of aromatic nitrogens is 4. The Hall–Kier alpha value is -3.49. The molecule has 1 saturated heterocycles. The number of nitrogens with one attached hydrogen (secondary N) is 1. The number of rotatable bonds is 6. The summed E-state index contributed by atoms with van der Waals surface area (Å²) in [5.74, 6) is 0. The standard InChI is InChI=1S/C27H31N7S/c1-21-26(22(2)34(30-21)25-11-7-4-8-12-25)20-31-13-15-32(16-14-31)27(35)29-24-17-28-33(19-24)18-23-9-5-3-6-10-23/h3-12,17,19H,13-16,18,20H2,1-2H3,(H,29,35). The first-order valence-corrected chi connectivity index (χ1v) is 12.4. The predicted molar refractivity (Wildman–Crippen MR) is 144 cm³/mol. The fourth-order valence-corrected chi connectivity index (χ4v) is 4.85. The maximum Gasteiger partial charge on any atom is 0.173 e. The van der Waals surface area contributed by atoms with E-state index in [-0.39, 0.29) is 0 Å². The van der Waals surface area contributed by atoms with Gasteiger partial charge < -0.3 is 10.2 Å². The Morgan fingerprint density at radius 2 is 1.60 bits per heavy atom. The highest BCUT2D eigenvalue weighted by Gasteiger charge is 2.22. The van der Waals surface area contributed by atoms with Crippen molar-refractivity contribution in [3.63, 3.8) is 0 Å². The third-order valence-corrected chi connectivity index (χ3v) is 6.92. The number of piperazine rings is 1. The molecule has 7 nitrogen and oxygen atoms in total. The molecule has 3 heterocycles. The van der Waals surface area contributed by atoms with E-state index in [2.05, 4.69) is 75.1 Å². The normalized spacial score (nSPS) is 14.3. The number of thiocarbonyl (C=S) groups is 1. The van der Waals surface area contributed by atoms with Crippen LogP contribution >= 0.6 is 12.2 Å². The number of nitrogens with zero attached hydrogens (tertiary/aromatic N) is 6. The van der Waals surface area contributed by atoms with Crippen molar-refractivity contribution >= 4 is 23.0 Å². The molecule has 4 aromatic rings. The second-order valence-electron chi connectivity index (χ2n) is 9.00. The van der Waals surface area contributed by atoms with Crippen LogP contribution < -0.4 is 5.32 Å². The highest BCUT2D eigenvalue weighted by atomic mass is 32.1. The van der Waals surface area contributed by atoms with Crippen molar-refractivity contribution in [1.29, 1.82) is 0 Å². The van der Waals surface area contributed by atoms with Crippen molar-refractivity contribution in [2.75, 3.05) is 31.5 Å². The number of hydrogen-bond acceptors (Lipinski definition) is 4. The minimum absolute atomic E-state index is 0.744. The zero-order valence-electron chi connectivity index (χ0n) is 20.3. The summed E-state index contributed by atoms with van der Waals surface area (Å²) in [7, 11) is 0. The van der Waals surface area contributed by atoms with Crippen LogP contribution in [0, 0.1) is 13.8 Å². The lowest BCUT2D eigenvalue weighted by molar-refractivity contribution is 0.176. The van der Waals surface area contributed by atoms with Gasteiger partial charge in [-0.3, -0.25) is 9.58 Å². The average molecular weight is 486 g/mol. The van der Waals surface area contributed by atoms with E-state index in [4.69, 9.17) is 17.3 Å². The van der Waals surface area contributed by atoms with E-state index in [1.54, 1.807) is 0 Å². The molecule has 8 heteroatoms. The Morgan fingerprint density at radius 1 is 0.914 bits per heavy atom. The molecule has 0 unspecified atom stereocenters. The summed E-state index contributed by atoms with van der Waals surface area (Å²) in [6, 6.07) is 20.7. The van der Waals surface area contributed by atoms with Crippen LogP contribution in [-0.2, 0) is 13.1 Å². The van der Waals surface area contributed by atoms with Gasteiger partial charge in [-0.15, -0.1) is 0 Å². The molecule has 5 rings (SSSR count). The van der Waals surface area contributed by atoms with Gasteiger partial charge in [0.25, 0.3) is 0 Å². The van der Waals surface area contributed by atoms with Gasteiger partial charge >= 0.3 is 0 Å². The smallest absolute Gasteiger partial charge is 0.173 e. The molecule has 1 aliphatic rings. The van der Waals surface area contributed by atoms with Crippen LogP contribution in [-0.4, -0.2) is 60.7 Å². The number of aryl methyl sites for hydroxylation is 1. The van der Waals surface area contributed by atoms with Gasteiger partial charge in [-0.1, -0.05) is 48.5 Å². The monoisotopic (exact) mass is 485 g/mol. The van der Waals surface area contributed by atoms with Gasteiger partial charge in [0.2, 0.25) is 0 Å². The lowest BCUT2D eigenvalue weighted by Crippen LogP contribution is -2.49. The SMILES string of the molecule is Cc1nn(-c2ccccc2)c(C)c1CN1CCN(C(=S)Nc2cnn(Cc3ccccc3)c2)CC1. The van der Waals surface area contributed by atoms with E-state index in [0.29, 0.717) is 0 Å². The lowest BCUT2D eigenvalue weighted by Gasteiger charge is -2.36. The summed E-state index contributed by atoms with van der Waals surface area (Å²) in [4.78, 5) is 4.73. The molecule has 0 aliphatic carbocycles. The molecule has 2 aromatic heterocycles. The molecule has 2 aromatic carbocycles. The molecular weight excluding hydrogens is 454 g/mol. The summed E-state index contributed by atoms with van der Waals surface area (Å²) < 4.78 is 3.98. The van der Waals surface area contributed by atoms with Crippen LogP contribution in [0.25, 0.3) is 5.69 Å². The topological polar surface area (TPSA) is 54.2 Å². The van der Waals surface area contributed by atoms with Gasteiger partial charge in [0, 0.05) is 50.2 Å². The molecular formula is C27H31N7S. The summed E-state index contributed by atoms with van der Waals surface area (Å²) in [5, 5.41) is 13.4. The summed E-state index contributed by atoms with van der Waals surface area (Å²) in [6.45, 7) is 9.64. The van der Waals surface area contributed by atoms with Gasteiger partial charge in [0.15, 0.2) is 5.11 Å². The number of anilines is 1. The van der Waals surface area contributed by atoms with Gasteiger partial charge in [-0.25, -0.2) is 4.68 Å². The molecule has 0 bridgehead atoms. The summed E-state index contributed by atoms with van der Waals surface area (Å²) in [5.41, 5.74) is 6.87. The Labute approximate surface area is 212 Å². The van der Waals surface area contributed by atoms with E-state index < -0.39 is 0 Å². The molecule has 0 amide bonds.